The lowest BCUT2D eigenvalue weighted by Gasteiger charge is -2.11. The van der Waals surface area contributed by atoms with E-state index in [4.69, 9.17) is 5.73 Å². The molecule has 1 aromatic heterocycles. The van der Waals surface area contributed by atoms with E-state index >= 15 is 0 Å². The Hall–Kier alpha value is -1.73. The maximum Gasteiger partial charge on any atom is 0.324 e. The predicted molar refractivity (Wildman–Crippen MR) is 73.7 cm³/mol. The lowest BCUT2D eigenvalue weighted by Crippen LogP contribution is -2.39. The zero-order valence-electron chi connectivity index (χ0n) is 10.2. The van der Waals surface area contributed by atoms with Gasteiger partial charge in [0, 0.05) is 4.47 Å². The predicted octanol–water partition coefficient (Wildman–Crippen LogP) is 0.659. The fourth-order valence-electron chi connectivity index (χ4n) is 1.70. The molecule has 1 aromatic carbocycles. The van der Waals surface area contributed by atoms with E-state index in [0.717, 1.165) is 4.47 Å². The van der Waals surface area contributed by atoms with Crippen LogP contribution in [0.5, 0.6) is 0 Å². The maximum atomic E-state index is 12.2. The summed E-state index contributed by atoms with van der Waals surface area (Å²) < 4.78 is 6.61. The van der Waals surface area contributed by atoms with Crippen molar-refractivity contribution >= 4 is 32.8 Å². The average Bonchev–Trinajstić information content (AvgIpc) is 2.41. The highest BCUT2D eigenvalue weighted by molar-refractivity contribution is 9.10. The number of carbonyl (C=O) groups excluding carboxylic acids is 1. The molecule has 1 atom stereocenters. The van der Waals surface area contributed by atoms with Crippen molar-refractivity contribution in [3.8, 4) is 0 Å². The van der Waals surface area contributed by atoms with Gasteiger partial charge in [0.05, 0.1) is 30.9 Å². The summed E-state index contributed by atoms with van der Waals surface area (Å²) in [5.74, 6) is -0.568. The molecule has 7 heteroatoms. The topological polar surface area (TPSA) is 87.2 Å². The fraction of sp³-hybridized carbons (Fsp3) is 0.250. The van der Waals surface area contributed by atoms with Gasteiger partial charge in [0.25, 0.3) is 5.56 Å². The number of nitrogens with zero attached hydrogens (tertiary/aromatic N) is 2. The van der Waals surface area contributed by atoms with Gasteiger partial charge in [0.2, 0.25) is 0 Å². The Morgan fingerprint density at radius 1 is 1.58 bits per heavy atom. The van der Waals surface area contributed by atoms with Crippen LogP contribution in [0.2, 0.25) is 0 Å². The third-order valence-electron chi connectivity index (χ3n) is 2.68. The fourth-order valence-corrected chi connectivity index (χ4v) is 2.06. The van der Waals surface area contributed by atoms with Crippen LogP contribution in [0.25, 0.3) is 10.9 Å². The number of methoxy groups -OCH3 is 1. The third kappa shape index (κ3) is 2.82. The normalized spacial score (nSPS) is 12.4. The standard InChI is InChI=1S/C12H12BrN3O3/c1-19-12(18)9(14)5-16-6-15-10-3-2-7(13)4-8(10)11(16)17/h2-4,6,9H,5,14H2,1H3. The smallest absolute Gasteiger partial charge is 0.324 e. The summed E-state index contributed by atoms with van der Waals surface area (Å²) >= 11 is 3.30. The second-order valence-electron chi connectivity index (χ2n) is 3.99. The molecule has 0 fully saturated rings. The minimum atomic E-state index is -0.894. The van der Waals surface area contributed by atoms with Crippen molar-refractivity contribution < 1.29 is 9.53 Å². The van der Waals surface area contributed by atoms with Gasteiger partial charge in [-0.25, -0.2) is 4.98 Å². The van der Waals surface area contributed by atoms with Gasteiger partial charge in [0.1, 0.15) is 6.04 Å². The SMILES string of the molecule is COC(=O)C(N)Cn1cnc2ccc(Br)cc2c1=O. The van der Waals surface area contributed by atoms with Crippen LogP contribution in [0.3, 0.4) is 0 Å². The summed E-state index contributed by atoms with van der Waals surface area (Å²) in [4.78, 5) is 27.6. The Morgan fingerprint density at radius 3 is 3.00 bits per heavy atom. The van der Waals surface area contributed by atoms with E-state index in [1.165, 1.54) is 18.0 Å². The quantitative estimate of drug-likeness (QED) is 0.837. The van der Waals surface area contributed by atoms with Crippen molar-refractivity contribution in [2.75, 3.05) is 7.11 Å². The number of esters is 1. The summed E-state index contributed by atoms with van der Waals surface area (Å²) in [6.07, 6.45) is 1.38. The Kier molecular flexibility index (Phi) is 3.96. The second kappa shape index (κ2) is 5.50. The van der Waals surface area contributed by atoms with Gasteiger partial charge in [-0.1, -0.05) is 15.9 Å². The van der Waals surface area contributed by atoms with Crippen LogP contribution in [-0.4, -0.2) is 28.7 Å². The molecule has 2 aromatic rings. The highest BCUT2D eigenvalue weighted by atomic mass is 79.9. The van der Waals surface area contributed by atoms with Gasteiger partial charge in [-0.15, -0.1) is 0 Å². The molecule has 0 bridgehead atoms. The zero-order chi connectivity index (χ0) is 14.0. The molecule has 0 aliphatic heterocycles. The van der Waals surface area contributed by atoms with E-state index in [2.05, 4.69) is 25.7 Å². The van der Waals surface area contributed by atoms with E-state index in [-0.39, 0.29) is 12.1 Å². The van der Waals surface area contributed by atoms with Gasteiger partial charge in [-0.2, -0.15) is 0 Å². The minimum absolute atomic E-state index is 0.0287. The Balaban J connectivity index is 2.43. The molecule has 0 aliphatic rings. The van der Waals surface area contributed by atoms with Gasteiger partial charge in [-0.05, 0) is 18.2 Å². The molecule has 2 N–H and O–H groups in total. The summed E-state index contributed by atoms with van der Waals surface area (Å²) in [6.45, 7) is 0.0287. The largest absolute Gasteiger partial charge is 0.468 e. The summed E-state index contributed by atoms with van der Waals surface area (Å²) in [7, 11) is 1.25. The molecule has 0 spiro atoms. The van der Waals surface area contributed by atoms with Crippen molar-refractivity contribution in [3.05, 3.63) is 39.4 Å². The number of fused-ring (bicyclic) bond motifs is 1. The molecule has 0 aliphatic carbocycles. The van der Waals surface area contributed by atoms with Crippen LogP contribution < -0.4 is 11.3 Å². The lowest BCUT2D eigenvalue weighted by atomic mass is 10.2. The first kappa shape index (κ1) is 13.7. The number of carbonyl (C=O) groups is 1. The molecule has 1 heterocycles. The van der Waals surface area contributed by atoms with Crippen molar-refractivity contribution in [1.29, 1.82) is 0 Å². The van der Waals surface area contributed by atoms with Gasteiger partial charge in [0.15, 0.2) is 0 Å². The van der Waals surface area contributed by atoms with E-state index in [1.54, 1.807) is 18.2 Å². The monoisotopic (exact) mass is 325 g/mol. The van der Waals surface area contributed by atoms with Crippen molar-refractivity contribution in [2.24, 2.45) is 5.73 Å². The van der Waals surface area contributed by atoms with Crippen LogP contribution in [-0.2, 0) is 16.1 Å². The van der Waals surface area contributed by atoms with Crippen molar-refractivity contribution in [1.82, 2.24) is 9.55 Å². The molecule has 2 rings (SSSR count). The summed E-state index contributed by atoms with van der Waals surface area (Å²) in [6, 6.07) is 4.34. The van der Waals surface area contributed by atoms with E-state index in [1.807, 2.05) is 0 Å². The summed E-state index contributed by atoms with van der Waals surface area (Å²) in [5.41, 5.74) is 5.98. The number of ether oxygens (including phenoxy) is 1. The number of nitrogens with two attached hydrogens (primary N) is 1. The maximum absolute atomic E-state index is 12.2. The average molecular weight is 326 g/mol. The van der Waals surface area contributed by atoms with Gasteiger partial charge < -0.3 is 10.5 Å². The van der Waals surface area contributed by atoms with Crippen LogP contribution in [0.15, 0.2) is 33.8 Å². The van der Waals surface area contributed by atoms with E-state index in [0.29, 0.717) is 10.9 Å². The Morgan fingerprint density at radius 2 is 2.32 bits per heavy atom. The first-order valence-corrected chi connectivity index (χ1v) is 6.30. The number of rotatable bonds is 3. The first-order valence-electron chi connectivity index (χ1n) is 5.51. The van der Waals surface area contributed by atoms with Crippen LogP contribution in [0.1, 0.15) is 0 Å². The second-order valence-corrected chi connectivity index (χ2v) is 4.91. The Labute approximate surface area is 117 Å². The van der Waals surface area contributed by atoms with E-state index < -0.39 is 12.0 Å². The number of aromatic nitrogens is 2. The number of hydrogen-bond acceptors (Lipinski definition) is 5. The molecular weight excluding hydrogens is 314 g/mol. The zero-order valence-corrected chi connectivity index (χ0v) is 11.8. The first-order chi connectivity index (χ1) is 9.02. The molecule has 1 unspecified atom stereocenters. The van der Waals surface area contributed by atoms with E-state index in [9.17, 15) is 9.59 Å². The van der Waals surface area contributed by atoms with Gasteiger partial charge >= 0.3 is 5.97 Å². The molecule has 0 saturated carbocycles. The number of halogens is 1. The molecule has 19 heavy (non-hydrogen) atoms. The van der Waals surface area contributed by atoms with Crippen molar-refractivity contribution in [3.63, 3.8) is 0 Å². The third-order valence-corrected chi connectivity index (χ3v) is 3.18. The molecular formula is C12H12BrN3O3. The van der Waals surface area contributed by atoms with Crippen molar-refractivity contribution in [2.45, 2.75) is 12.6 Å². The molecule has 0 saturated heterocycles. The molecule has 0 amide bonds. The molecule has 6 nitrogen and oxygen atoms in total. The van der Waals surface area contributed by atoms with Crippen LogP contribution in [0.4, 0.5) is 0 Å². The molecule has 100 valence electrons. The highest BCUT2D eigenvalue weighted by Gasteiger charge is 2.15. The Bertz CT molecular complexity index is 683. The minimum Gasteiger partial charge on any atom is -0.468 e. The van der Waals surface area contributed by atoms with Crippen LogP contribution in [0, 0.1) is 0 Å². The highest BCUT2D eigenvalue weighted by Crippen LogP contribution is 2.14. The number of hydrogen-bond donors (Lipinski definition) is 1. The lowest BCUT2D eigenvalue weighted by molar-refractivity contribution is -0.142. The van der Waals surface area contributed by atoms with Gasteiger partial charge in [-0.3, -0.25) is 14.2 Å². The molecule has 0 radical (unpaired) electrons. The van der Waals surface area contributed by atoms with Crippen LogP contribution >= 0.6 is 15.9 Å². The number of benzene rings is 1. The summed E-state index contributed by atoms with van der Waals surface area (Å²) in [5, 5.41) is 0.467.